The summed E-state index contributed by atoms with van der Waals surface area (Å²) < 4.78 is 3.48. The fourth-order valence-corrected chi connectivity index (χ4v) is 4.97. The first kappa shape index (κ1) is 19.6. The van der Waals surface area contributed by atoms with E-state index >= 15 is 0 Å². The van der Waals surface area contributed by atoms with Gasteiger partial charge in [-0.2, -0.15) is 5.26 Å². The van der Waals surface area contributed by atoms with Gasteiger partial charge in [0.25, 0.3) is 0 Å². The van der Waals surface area contributed by atoms with E-state index in [2.05, 4.69) is 41.6 Å². The van der Waals surface area contributed by atoms with Crippen LogP contribution in [0.3, 0.4) is 0 Å². The molecule has 2 aliphatic rings. The topological polar surface area (TPSA) is 83.0 Å². The molecule has 2 saturated heterocycles. The smallest absolute Gasteiger partial charge is 0.330 e. The van der Waals surface area contributed by atoms with Crippen LogP contribution in [0.4, 0.5) is 11.6 Å². The Labute approximate surface area is 181 Å². The van der Waals surface area contributed by atoms with E-state index in [1.54, 1.807) is 23.9 Å². The lowest BCUT2D eigenvalue weighted by atomic mass is 9.97. The summed E-state index contributed by atoms with van der Waals surface area (Å²) in [5.74, 6) is 1.69. The molecule has 5 rings (SSSR count). The lowest BCUT2D eigenvalue weighted by Gasteiger charge is -2.35. The molecule has 0 saturated carbocycles. The average Bonchev–Trinajstić information content (AvgIpc) is 3.41. The van der Waals surface area contributed by atoms with Gasteiger partial charge in [0.2, 0.25) is 0 Å². The van der Waals surface area contributed by atoms with Crippen LogP contribution in [0.2, 0.25) is 0 Å². The first-order valence-corrected chi connectivity index (χ1v) is 10.7. The maximum Gasteiger partial charge on any atom is 0.330 e. The molecule has 0 spiro atoms. The van der Waals surface area contributed by atoms with Crippen LogP contribution in [0.15, 0.2) is 35.3 Å². The minimum Gasteiger partial charge on any atom is -0.350 e. The Bertz CT molecular complexity index is 1260. The van der Waals surface area contributed by atoms with Crippen LogP contribution < -0.4 is 15.5 Å². The molecule has 2 aliphatic heterocycles. The van der Waals surface area contributed by atoms with Gasteiger partial charge in [-0.25, -0.2) is 14.8 Å². The summed E-state index contributed by atoms with van der Waals surface area (Å²) in [7, 11) is 1.79. The van der Waals surface area contributed by atoms with Gasteiger partial charge in [-0.1, -0.05) is 20.8 Å². The minimum absolute atomic E-state index is 0.00208. The van der Waals surface area contributed by atoms with E-state index in [9.17, 15) is 10.1 Å². The number of piperazine rings is 1. The SMILES string of the molecule is Cn1c(=O)n(CC(C)(C)C)c2ccc(N3CC4CC3CN4c3ncccc3C#N)nc21. The van der Waals surface area contributed by atoms with E-state index < -0.39 is 0 Å². The van der Waals surface area contributed by atoms with Crippen molar-refractivity contribution in [3.8, 4) is 6.07 Å². The van der Waals surface area contributed by atoms with Crippen LogP contribution in [0.25, 0.3) is 11.2 Å². The highest BCUT2D eigenvalue weighted by molar-refractivity contribution is 5.74. The Morgan fingerprint density at radius 2 is 1.90 bits per heavy atom. The van der Waals surface area contributed by atoms with E-state index in [0.29, 0.717) is 24.2 Å². The van der Waals surface area contributed by atoms with Crippen LogP contribution in [-0.2, 0) is 13.6 Å². The highest BCUT2D eigenvalue weighted by atomic mass is 16.1. The molecule has 3 aromatic heterocycles. The van der Waals surface area contributed by atoms with Gasteiger partial charge in [0.05, 0.1) is 23.2 Å². The number of anilines is 2. The minimum atomic E-state index is -0.0251. The van der Waals surface area contributed by atoms with Gasteiger partial charge >= 0.3 is 5.69 Å². The summed E-state index contributed by atoms with van der Waals surface area (Å²) in [6.45, 7) is 8.70. The van der Waals surface area contributed by atoms with Crippen molar-refractivity contribution in [2.45, 2.75) is 45.8 Å². The van der Waals surface area contributed by atoms with Gasteiger partial charge in [0, 0.05) is 32.9 Å². The van der Waals surface area contributed by atoms with Crippen LogP contribution in [0, 0.1) is 16.7 Å². The Morgan fingerprint density at radius 1 is 1.16 bits per heavy atom. The first-order chi connectivity index (χ1) is 14.8. The van der Waals surface area contributed by atoms with Crippen molar-refractivity contribution in [3.05, 3.63) is 46.5 Å². The van der Waals surface area contributed by atoms with Gasteiger partial charge in [0.15, 0.2) is 5.65 Å². The Kier molecular flexibility index (Phi) is 4.33. The number of nitriles is 1. The highest BCUT2D eigenvalue weighted by Crippen LogP contribution is 2.37. The number of aromatic nitrogens is 4. The van der Waals surface area contributed by atoms with E-state index in [0.717, 1.165) is 42.3 Å². The lowest BCUT2D eigenvalue weighted by molar-refractivity contribution is 0.342. The molecular weight excluding hydrogens is 390 g/mol. The van der Waals surface area contributed by atoms with Crippen LogP contribution >= 0.6 is 0 Å². The van der Waals surface area contributed by atoms with Crippen molar-refractivity contribution in [1.82, 2.24) is 19.1 Å². The lowest BCUT2D eigenvalue weighted by Crippen LogP contribution is -2.47. The predicted molar refractivity (Wildman–Crippen MR) is 120 cm³/mol. The van der Waals surface area contributed by atoms with E-state index in [1.165, 1.54) is 0 Å². The van der Waals surface area contributed by atoms with Gasteiger partial charge in [-0.05, 0) is 36.1 Å². The molecule has 8 heteroatoms. The van der Waals surface area contributed by atoms with Crippen molar-refractivity contribution in [1.29, 1.82) is 5.26 Å². The normalized spacial score (nSPS) is 20.6. The zero-order valence-corrected chi connectivity index (χ0v) is 18.4. The number of imidazole rings is 1. The van der Waals surface area contributed by atoms with Gasteiger partial charge in [-0.15, -0.1) is 0 Å². The standard InChI is InChI=1S/C23H27N7O/c1-23(2,3)14-30-18-7-8-19(26-21(18)27(4)22(30)31)28-12-17-10-16(28)13-29(17)20-15(11-24)6-5-9-25-20/h5-9,16-17H,10,12-14H2,1-4H3. The molecule has 31 heavy (non-hydrogen) atoms. The number of aryl methyl sites for hydroxylation is 1. The fourth-order valence-electron chi connectivity index (χ4n) is 4.97. The van der Waals surface area contributed by atoms with Crippen molar-refractivity contribution < 1.29 is 0 Å². The fraction of sp³-hybridized carbons (Fsp3) is 0.478. The summed E-state index contributed by atoms with van der Waals surface area (Å²) >= 11 is 0. The van der Waals surface area contributed by atoms with Crippen molar-refractivity contribution >= 4 is 22.8 Å². The second-order valence-corrected chi connectivity index (χ2v) is 9.84. The third kappa shape index (κ3) is 3.16. The first-order valence-electron chi connectivity index (χ1n) is 10.7. The van der Waals surface area contributed by atoms with E-state index in [4.69, 9.17) is 4.98 Å². The number of rotatable bonds is 3. The summed E-state index contributed by atoms with van der Waals surface area (Å²) in [6.07, 6.45) is 2.77. The van der Waals surface area contributed by atoms with E-state index in [-0.39, 0.29) is 11.1 Å². The van der Waals surface area contributed by atoms with Gasteiger partial charge in [0.1, 0.15) is 17.7 Å². The van der Waals surface area contributed by atoms with Gasteiger partial charge in [-0.3, -0.25) is 9.13 Å². The number of pyridine rings is 2. The Morgan fingerprint density at radius 3 is 2.58 bits per heavy atom. The molecule has 2 fully saturated rings. The number of hydrogen-bond acceptors (Lipinski definition) is 6. The van der Waals surface area contributed by atoms with Crippen LogP contribution in [0.1, 0.15) is 32.8 Å². The molecule has 0 aromatic carbocycles. The molecule has 0 radical (unpaired) electrons. The third-order valence-electron chi connectivity index (χ3n) is 6.31. The summed E-state index contributed by atoms with van der Waals surface area (Å²) in [5, 5.41) is 9.43. The molecule has 2 atom stereocenters. The molecule has 160 valence electrons. The molecule has 8 nitrogen and oxygen atoms in total. The molecule has 2 bridgehead atoms. The third-order valence-corrected chi connectivity index (χ3v) is 6.31. The maximum atomic E-state index is 12.8. The molecule has 0 aliphatic carbocycles. The molecule has 2 unspecified atom stereocenters. The van der Waals surface area contributed by atoms with Crippen molar-refractivity contribution in [2.75, 3.05) is 22.9 Å². The second kappa shape index (κ2) is 6.84. The molecule has 3 aromatic rings. The van der Waals surface area contributed by atoms with Gasteiger partial charge < -0.3 is 9.80 Å². The highest BCUT2D eigenvalue weighted by Gasteiger charge is 2.45. The molecular formula is C23H27N7O. The van der Waals surface area contributed by atoms with Crippen molar-refractivity contribution in [3.63, 3.8) is 0 Å². The number of nitrogens with zero attached hydrogens (tertiary/aromatic N) is 7. The summed E-state index contributed by atoms with van der Waals surface area (Å²) in [6, 6.07) is 10.6. The Hall–Kier alpha value is -3.34. The van der Waals surface area contributed by atoms with E-state index in [1.807, 2.05) is 22.8 Å². The zero-order chi connectivity index (χ0) is 21.9. The molecule has 0 N–H and O–H groups in total. The maximum absolute atomic E-state index is 12.8. The molecule has 0 amide bonds. The largest absolute Gasteiger partial charge is 0.350 e. The quantitative estimate of drug-likeness (QED) is 0.651. The Balaban J connectivity index is 1.44. The molecule has 5 heterocycles. The predicted octanol–water partition coefficient (Wildman–Crippen LogP) is 2.52. The van der Waals surface area contributed by atoms with Crippen LogP contribution in [0.5, 0.6) is 0 Å². The van der Waals surface area contributed by atoms with Crippen molar-refractivity contribution in [2.24, 2.45) is 12.5 Å². The second-order valence-electron chi connectivity index (χ2n) is 9.84. The zero-order valence-electron chi connectivity index (χ0n) is 18.4. The summed E-state index contributed by atoms with van der Waals surface area (Å²) in [4.78, 5) is 26.8. The number of fused-ring (bicyclic) bond motifs is 3. The van der Waals surface area contributed by atoms with Crippen LogP contribution in [-0.4, -0.2) is 44.3 Å². The number of hydrogen-bond donors (Lipinski definition) is 0. The summed E-state index contributed by atoms with van der Waals surface area (Å²) in [5.41, 5.74) is 2.20. The monoisotopic (exact) mass is 417 g/mol. The average molecular weight is 418 g/mol.